The van der Waals surface area contributed by atoms with Gasteiger partial charge in [0.05, 0.1) is 6.54 Å². The van der Waals surface area contributed by atoms with Crippen molar-refractivity contribution in [2.75, 3.05) is 13.1 Å². The molecule has 0 aromatic carbocycles. The maximum atomic E-state index is 12.1. The fourth-order valence-corrected chi connectivity index (χ4v) is 2.77. The van der Waals surface area contributed by atoms with Gasteiger partial charge in [0.15, 0.2) is 0 Å². The summed E-state index contributed by atoms with van der Waals surface area (Å²) in [5, 5.41) is 4.94. The third-order valence-electron chi connectivity index (χ3n) is 3.85. The molecule has 1 spiro atoms. The third-order valence-corrected chi connectivity index (χ3v) is 3.85. The molecule has 0 aromatic heterocycles. The molecule has 1 unspecified atom stereocenters. The van der Waals surface area contributed by atoms with Gasteiger partial charge >= 0.3 is 6.03 Å². The van der Waals surface area contributed by atoms with E-state index in [0.29, 0.717) is 25.9 Å². The first-order valence-electron chi connectivity index (χ1n) is 6.99. The lowest BCUT2D eigenvalue weighted by Crippen LogP contribution is -2.59. The van der Waals surface area contributed by atoms with Crippen LogP contribution in [0.5, 0.6) is 0 Å². The molecular weight excluding hydrogens is 246 g/mol. The summed E-state index contributed by atoms with van der Waals surface area (Å²) < 4.78 is 0. The Balaban J connectivity index is 1.95. The Morgan fingerprint density at radius 3 is 2.79 bits per heavy atom. The van der Waals surface area contributed by atoms with Gasteiger partial charge in [-0.3, -0.25) is 14.9 Å². The Morgan fingerprint density at radius 1 is 1.37 bits per heavy atom. The van der Waals surface area contributed by atoms with Crippen molar-refractivity contribution in [1.82, 2.24) is 15.5 Å². The molecule has 0 saturated carbocycles. The number of carbonyl (C=O) groups is 3. The number of imide groups is 1. The Hall–Kier alpha value is -1.59. The maximum absolute atomic E-state index is 12.1. The van der Waals surface area contributed by atoms with Gasteiger partial charge < -0.3 is 10.2 Å². The van der Waals surface area contributed by atoms with Crippen LogP contribution in [-0.4, -0.2) is 41.4 Å². The summed E-state index contributed by atoms with van der Waals surface area (Å²) in [6, 6.07) is -0.453. The van der Waals surface area contributed by atoms with Crippen LogP contribution in [0.1, 0.15) is 45.4 Å². The van der Waals surface area contributed by atoms with Gasteiger partial charge in [-0.25, -0.2) is 4.79 Å². The van der Waals surface area contributed by atoms with Crippen molar-refractivity contribution in [3.8, 4) is 0 Å². The molecule has 0 bridgehead atoms. The van der Waals surface area contributed by atoms with E-state index in [1.807, 2.05) is 0 Å². The van der Waals surface area contributed by atoms with Crippen molar-refractivity contribution in [2.24, 2.45) is 0 Å². The molecule has 2 rings (SSSR count). The average molecular weight is 267 g/mol. The summed E-state index contributed by atoms with van der Waals surface area (Å²) in [5.41, 5.74) is -0.893. The molecule has 2 saturated heterocycles. The lowest BCUT2D eigenvalue weighted by molar-refractivity contribution is -0.136. The first-order chi connectivity index (χ1) is 9.07. The number of hydrogen-bond acceptors (Lipinski definition) is 3. The molecule has 2 aliphatic rings. The third kappa shape index (κ3) is 2.88. The summed E-state index contributed by atoms with van der Waals surface area (Å²) in [6.45, 7) is 3.07. The molecular formula is C13H21N3O3. The van der Waals surface area contributed by atoms with Gasteiger partial charge in [0, 0.05) is 13.0 Å². The fourth-order valence-electron chi connectivity index (χ4n) is 2.77. The molecule has 6 heteroatoms. The Kier molecular flexibility index (Phi) is 4.07. The van der Waals surface area contributed by atoms with Crippen LogP contribution in [-0.2, 0) is 9.59 Å². The summed E-state index contributed by atoms with van der Waals surface area (Å²) >= 11 is 0. The SMILES string of the molecule is CCCCCC(=O)N1CCCC2(C1)NC(=O)NC2=O. The van der Waals surface area contributed by atoms with E-state index in [0.717, 1.165) is 25.7 Å². The van der Waals surface area contributed by atoms with Gasteiger partial charge in [-0.1, -0.05) is 19.8 Å². The minimum absolute atomic E-state index is 0.0847. The van der Waals surface area contributed by atoms with Crippen LogP contribution in [0, 0.1) is 0 Å². The van der Waals surface area contributed by atoms with Gasteiger partial charge in [-0.2, -0.15) is 0 Å². The van der Waals surface area contributed by atoms with Crippen molar-refractivity contribution in [2.45, 2.75) is 51.0 Å². The fraction of sp³-hybridized carbons (Fsp3) is 0.769. The standard InChI is InChI=1S/C13H21N3O3/c1-2-3-4-6-10(17)16-8-5-7-13(9-16)11(18)14-12(19)15-13/h2-9H2,1H3,(H2,14,15,18,19). The average Bonchev–Trinajstić information content (AvgIpc) is 2.64. The molecule has 0 radical (unpaired) electrons. The van der Waals surface area contributed by atoms with Crippen LogP contribution in [0.15, 0.2) is 0 Å². The number of unbranched alkanes of at least 4 members (excludes halogenated alkanes) is 2. The maximum Gasteiger partial charge on any atom is 0.322 e. The molecule has 2 fully saturated rings. The van der Waals surface area contributed by atoms with Crippen LogP contribution in [0.4, 0.5) is 4.79 Å². The zero-order chi connectivity index (χ0) is 13.9. The number of likely N-dealkylation sites (tertiary alicyclic amines) is 1. The van der Waals surface area contributed by atoms with Crippen molar-refractivity contribution in [1.29, 1.82) is 0 Å². The predicted molar refractivity (Wildman–Crippen MR) is 69.4 cm³/mol. The largest absolute Gasteiger partial charge is 0.340 e. The number of hydrogen-bond donors (Lipinski definition) is 2. The molecule has 0 aliphatic carbocycles. The minimum Gasteiger partial charge on any atom is -0.340 e. The Morgan fingerprint density at radius 2 is 2.16 bits per heavy atom. The number of rotatable bonds is 4. The van der Waals surface area contributed by atoms with E-state index in [2.05, 4.69) is 17.6 Å². The molecule has 4 amide bonds. The minimum atomic E-state index is -0.893. The van der Waals surface area contributed by atoms with E-state index < -0.39 is 11.6 Å². The molecule has 0 aromatic rings. The quantitative estimate of drug-likeness (QED) is 0.583. The Labute approximate surface area is 112 Å². The highest BCUT2D eigenvalue weighted by molar-refractivity contribution is 6.07. The normalized spacial score (nSPS) is 26.5. The molecule has 19 heavy (non-hydrogen) atoms. The van der Waals surface area contributed by atoms with Crippen molar-refractivity contribution < 1.29 is 14.4 Å². The highest BCUT2D eigenvalue weighted by atomic mass is 16.2. The van der Waals surface area contributed by atoms with E-state index >= 15 is 0 Å². The van der Waals surface area contributed by atoms with Crippen LogP contribution in [0.25, 0.3) is 0 Å². The number of piperidine rings is 1. The highest BCUT2D eigenvalue weighted by Crippen LogP contribution is 2.25. The predicted octanol–water partition coefficient (Wildman–Crippen LogP) is 0.767. The van der Waals surface area contributed by atoms with E-state index in [9.17, 15) is 14.4 Å². The second-order valence-corrected chi connectivity index (χ2v) is 5.37. The van der Waals surface area contributed by atoms with Crippen molar-refractivity contribution in [3.63, 3.8) is 0 Å². The van der Waals surface area contributed by atoms with Gasteiger partial charge in [0.1, 0.15) is 5.54 Å². The highest BCUT2D eigenvalue weighted by Gasteiger charge is 2.49. The molecule has 2 N–H and O–H groups in total. The van der Waals surface area contributed by atoms with Crippen LogP contribution in [0.3, 0.4) is 0 Å². The first-order valence-corrected chi connectivity index (χ1v) is 6.99. The van der Waals surface area contributed by atoms with E-state index in [-0.39, 0.29) is 11.8 Å². The van der Waals surface area contributed by atoms with Gasteiger partial charge in [0.2, 0.25) is 5.91 Å². The van der Waals surface area contributed by atoms with Crippen molar-refractivity contribution in [3.05, 3.63) is 0 Å². The van der Waals surface area contributed by atoms with E-state index in [4.69, 9.17) is 0 Å². The van der Waals surface area contributed by atoms with E-state index in [1.165, 1.54) is 0 Å². The second-order valence-electron chi connectivity index (χ2n) is 5.37. The zero-order valence-electron chi connectivity index (χ0n) is 11.3. The number of nitrogens with zero attached hydrogens (tertiary/aromatic N) is 1. The summed E-state index contributed by atoms with van der Waals surface area (Å²) in [5.74, 6) is -0.218. The lowest BCUT2D eigenvalue weighted by Gasteiger charge is -2.38. The van der Waals surface area contributed by atoms with Crippen LogP contribution in [0.2, 0.25) is 0 Å². The smallest absolute Gasteiger partial charge is 0.322 e. The van der Waals surface area contributed by atoms with Crippen molar-refractivity contribution >= 4 is 17.8 Å². The van der Waals surface area contributed by atoms with Crippen LogP contribution < -0.4 is 10.6 Å². The first kappa shape index (κ1) is 13.8. The summed E-state index contributed by atoms with van der Waals surface area (Å²) in [6.07, 6.45) is 4.88. The zero-order valence-corrected chi connectivity index (χ0v) is 11.3. The summed E-state index contributed by atoms with van der Waals surface area (Å²) in [4.78, 5) is 36.9. The molecule has 106 valence electrons. The molecule has 6 nitrogen and oxygen atoms in total. The van der Waals surface area contributed by atoms with E-state index in [1.54, 1.807) is 4.90 Å². The number of nitrogens with one attached hydrogen (secondary N) is 2. The number of carbonyl (C=O) groups excluding carboxylic acids is 3. The van der Waals surface area contributed by atoms with Gasteiger partial charge in [-0.15, -0.1) is 0 Å². The second kappa shape index (κ2) is 5.59. The number of urea groups is 1. The topological polar surface area (TPSA) is 78.5 Å². The summed E-state index contributed by atoms with van der Waals surface area (Å²) in [7, 11) is 0. The van der Waals surface area contributed by atoms with Gasteiger partial charge in [-0.05, 0) is 19.3 Å². The monoisotopic (exact) mass is 267 g/mol. The number of amides is 4. The van der Waals surface area contributed by atoms with Gasteiger partial charge in [0.25, 0.3) is 5.91 Å². The van der Waals surface area contributed by atoms with Crippen LogP contribution >= 0.6 is 0 Å². The molecule has 2 heterocycles. The lowest BCUT2D eigenvalue weighted by atomic mass is 9.89. The molecule has 1 atom stereocenters. The Bertz CT molecular complexity index is 397. The molecule has 2 aliphatic heterocycles.